The van der Waals surface area contributed by atoms with Crippen LogP contribution in [0.2, 0.25) is 0 Å². The molecule has 1 spiro atoms. The number of halogens is 4. The summed E-state index contributed by atoms with van der Waals surface area (Å²) >= 11 is 0. The van der Waals surface area contributed by atoms with Gasteiger partial charge in [-0.1, -0.05) is 13.8 Å². The number of rotatable bonds is 4. The van der Waals surface area contributed by atoms with Crippen LogP contribution in [0.5, 0.6) is 0 Å². The van der Waals surface area contributed by atoms with E-state index in [1.165, 1.54) is 23.9 Å². The number of likely N-dealkylation sites (N-methyl/N-ethyl adjacent to an activating group) is 2. The molecule has 1 unspecified atom stereocenters. The number of alkyl halides is 3. The number of urea groups is 1. The van der Waals surface area contributed by atoms with Gasteiger partial charge in [-0.2, -0.15) is 13.2 Å². The van der Waals surface area contributed by atoms with Crippen LogP contribution in [0.4, 0.5) is 22.4 Å². The SMILES string of the molecule is CC(C)C(NC(=O)c1cc(C(F)(F)F)ccc1F)C(=O)N1CCC2(CC1)C(=O)N(C)C(=O)N2C. The maximum absolute atomic E-state index is 14.1. The Balaban J connectivity index is 1.75. The first-order valence-corrected chi connectivity index (χ1v) is 10.7. The van der Waals surface area contributed by atoms with Crippen molar-refractivity contribution in [2.75, 3.05) is 27.2 Å². The third kappa shape index (κ3) is 4.32. The van der Waals surface area contributed by atoms with Gasteiger partial charge >= 0.3 is 12.2 Å². The zero-order chi connectivity index (χ0) is 25.6. The number of imide groups is 1. The molecule has 0 bridgehead atoms. The molecule has 3 rings (SSSR count). The molecular formula is C22H26F4N4O4. The van der Waals surface area contributed by atoms with Crippen LogP contribution in [0.25, 0.3) is 0 Å². The van der Waals surface area contributed by atoms with Gasteiger partial charge in [0.15, 0.2) is 0 Å². The quantitative estimate of drug-likeness (QED) is 0.523. The van der Waals surface area contributed by atoms with Crippen molar-refractivity contribution in [3.8, 4) is 0 Å². The Hall–Kier alpha value is -3.18. The minimum absolute atomic E-state index is 0.132. The maximum atomic E-state index is 14.1. The number of nitrogens with zero attached hydrogens (tertiary/aromatic N) is 3. The average molecular weight is 486 g/mol. The van der Waals surface area contributed by atoms with E-state index < -0.39 is 58.5 Å². The first kappa shape index (κ1) is 25.4. The molecule has 34 heavy (non-hydrogen) atoms. The number of benzene rings is 1. The molecule has 12 heteroatoms. The molecule has 0 radical (unpaired) electrons. The van der Waals surface area contributed by atoms with E-state index in [1.54, 1.807) is 13.8 Å². The standard InChI is InChI=1S/C22H26F4N4O4/c1-12(2)16(27-17(31)14-11-13(22(24,25)26)5-6-15(14)23)18(32)30-9-7-21(8-10-30)19(33)28(3)20(34)29(21)4/h5-6,11-12,16H,7-10H2,1-4H3,(H,27,31). The van der Waals surface area contributed by atoms with Gasteiger partial charge in [0.2, 0.25) is 5.91 Å². The Morgan fingerprint density at radius 2 is 1.68 bits per heavy atom. The van der Waals surface area contributed by atoms with Crippen molar-refractivity contribution >= 4 is 23.8 Å². The van der Waals surface area contributed by atoms with E-state index in [0.717, 1.165) is 4.90 Å². The molecule has 2 aliphatic rings. The summed E-state index contributed by atoms with van der Waals surface area (Å²) in [6, 6.07) is -0.0604. The predicted molar refractivity (Wildman–Crippen MR) is 112 cm³/mol. The number of hydrogen-bond acceptors (Lipinski definition) is 4. The summed E-state index contributed by atoms with van der Waals surface area (Å²) in [5.74, 6) is -3.58. The lowest BCUT2D eigenvalue weighted by molar-refractivity contribution is -0.141. The smallest absolute Gasteiger partial charge is 0.341 e. The molecule has 0 aliphatic carbocycles. The predicted octanol–water partition coefficient (Wildman–Crippen LogP) is 2.48. The Kier molecular flexibility index (Phi) is 6.64. The van der Waals surface area contributed by atoms with E-state index in [0.29, 0.717) is 18.2 Å². The molecule has 1 aromatic carbocycles. The Morgan fingerprint density at radius 1 is 1.09 bits per heavy atom. The van der Waals surface area contributed by atoms with Gasteiger partial charge in [0, 0.05) is 27.2 Å². The van der Waals surface area contributed by atoms with Crippen LogP contribution in [-0.4, -0.2) is 77.2 Å². The third-order valence-electron chi connectivity index (χ3n) is 6.58. The van der Waals surface area contributed by atoms with Crippen LogP contribution in [0.3, 0.4) is 0 Å². The summed E-state index contributed by atoms with van der Waals surface area (Å²) in [5.41, 5.74) is -3.04. The van der Waals surface area contributed by atoms with Crippen LogP contribution >= 0.6 is 0 Å². The van der Waals surface area contributed by atoms with Crippen LogP contribution in [-0.2, 0) is 15.8 Å². The van der Waals surface area contributed by atoms with Crippen LogP contribution in [0.15, 0.2) is 18.2 Å². The Bertz CT molecular complexity index is 1020. The van der Waals surface area contributed by atoms with E-state index in [9.17, 15) is 36.7 Å². The van der Waals surface area contributed by atoms with Gasteiger partial charge in [-0.15, -0.1) is 0 Å². The first-order chi connectivity index (χ1) is 15.7. The molecule has 2 heterocycles. The second-order valence-electron chi connectivity index (χ2n) is 8.95. The van der Waals surface area contributed by atoms with Gasteiger partial charge in [-0.3, -0.25) is 19.3 Å². The molecule has 5 amide bonds. The van der Waals surface area contributed by atoms with E-state index in [4.69, 9.17) is 0 Å². The second kappa shape index (κ2) is 8.88. The largest absolute Gasteiger partial charge is 0.416 e. The lowest BCUT2D eigenvalue weighted by Gasteiger charge is -2.42. The zero-order valence-corrected chi connectivity index (χ0v) is 19.2. The van der Waals surface area contributed by atoms with Crippen molar-refractivity contribution in [3.63, 3.8) is 0 Å². The van der Waals surface area contributed by atoms with Crippen molar-refractivity contribution in [3.05, 3.63) is 35.1 Å². The monoisotopic (exact) mass is 486 g/mol. The van der Waals surface area contributed by atoms with E-state index in [-0.39, 0.29) is 31.8 Å². The number of likely N-dealkylation sites (tertiary alicyclic amines) is 1. The molecule has 1 aromatic rings. The minimum Gasteiger partial charge on any atom is -0.341 e. The lowest BCUT2D eigenvalue weighted by atomic mass is 9.85. The molecular weight excluding hydrogens is 460 g/mol. The van der Waals surface area contributed by atoms with Gasteiger partial charge in [0.05, 0.1) is 11.1 Å². The molecule has 8 nitrogen and oxygen atoms in total. The summed E-state index contributed by atoms with van der Waals surface area (Å²) in [7, 11) is 2.92. The maximum Gasteiger partial charge on any atom is 0.416 e. The van der Waals surface area contributed by atoms with E-state index >= 15 is 0 Å². The fraction of sp³-hybridized carbons (Fsp3) is 0.545. The molecule has 0 saturated carbocycles. The van der Waals surface area contributed by atoms with Crippen molar-refractivity contribution in [1.82, 2.24) is 20.0 Å². The molecule has 2 saturated heterocycles. The lowest BCUT2D eigenvalue weighted by Crippen LogP contribution is -2.59. The summed E-state index contributed by atoms with van der Waals surface area (Å²) in [6.45, 7) is 3.54. The molecule has 186 valence electrons. The van der Waals surface area contributed by atoms with Crippen molar-refractivity contribution in [2.24, 2.45) is 5.92 Å². The summed E-state index contributed by atoms with van der Waals surface area (Å²) < 4.78 is 53.1. The molecule has 1 N–H and O–H groups in total. The topological polar surface area (TPSA) is 90.0 Å². The summed E-state index contributed by atoms with van der Waals surface area (Å²) in [4.78, 5) is 54.5. The second-order valence-corrected chi connectivity index (χ2v) is 8.95. The number of carbonyl (C=O) groups excluding carboxylic acids is 4. The van der Waals surface area contributed by atoms with E-state index in [2.05, 4.69) is 5.32 Å². The van der Waals surface area contributed by atoms with Gasteiger partial charge in [-0.25, -0.2) is 9.18 Å². The normalized spacial score (nSPS) is 19.3. The van der Waals surface area contributed by atoms with Crippen LogP contribution in [0, 0.1) is 11.7 Å². The zero-order valence-electron chi connectivity index (χ0n) is 19.2. The van der Waals surface area contributed by atoms with E-state index in [1.807, 2.05) is 0 Å². The average Bonchev–Trinajstić information content (AvgIpc) is 2.92. The first-order valence-electron chi connectivity index (χ1n) is 10.7. The van der Waals surface area contributed by atoms with Gasteiger partial charge < -0.3 is 15.1 Å². The number of nitrogens with one attached hydrogen (secondary N) is 1. The number of hydrogen-bond donors (Lipinski definition) is 1. The molecule has 2 fully saturated rings. The highest BCUT2D eigenvalue weighted by Gasteiger charge is 2.55. The van der Waals surface area contributed by atoms with Crippen molar-refractivity contribution in [1.29, 1.82) is 0 Å². The van der Waals surface area contributed by atoms with Gasteiger partial charge in [0.1, 0.15) is 17.4 Å². The van der Waals surface area contributed by atoms with Crippen molar-refractivity contribution in [2.45, 2.75) is 44.4 Å². The highest BCUT2D eigenvalue weighted by Crippen LogP contribution is 2.36. The molecule has 0 aromatic heterocycles. The van der Waals surface area contributed by atoms with Crippen molar-refractivity contribution < 1.29 is 36.7 Å². The number of carbonyl (C=O) groups is 4. The van der Waals surface area contributed by atoms with Crippen LogP contribution < -0.4 is 5.32 Å². The van der Waals surface area contributed by atoms with Crippen LogP contribution in [0.1, 0.15) is 42.6 Å². The number of piperidine rings is 1. The third-order valence-corrected chi connectivity index (χ3v) is 6.58. The fourth-order valence-corrected chi connectivity index (χ4v) is 4.40. The van der Waals surface area contributed by atoms with Gasteiger partial charge in [-0.05, 0) is 37.0 Å². The minimum atomic E-state index is -4.76. The summed E-state index contributed by atoms with van der Waals surface area (Å²) in [5, 5.41) is 2.36. The molecule has 2 aliphatic heterocycles. The van der Waals surface area contributed by atoms with Gasteiger partial charge in [0.25, 0.3) is 11.8 Å². The summed E-state index contributed by atoms with van der Waals surface area (Å²) in [6.07, 6.45) is -4.36. The number of amides is 5. The highest BCUT2D eigenvalue weighted by atomic mass is 19.4. The Morgan fingerprint density at radius 3 is 2.15 bits per heavy atom. The molecule has 1 atom stereocenters. The Labute approximate surface area is 193 Å². The fourth-order valence-electron chi connectivity index (χ4n) is 4.40. The highest BCUT2D eigenvalue weighted by molar-refractivity contribution is 6.06.